The minimum Gasteiger partial charge on any atom is -0.507 e. The molecule has 1 aliphatic rings. The molecule has 0 saturated heterocycles. The maximum absolute atomic E-state index is 12.8. The predicted octanol–water partition coefficient (Wildman–Crippen LogP) is 3.95. The zero-order chi connectivity index (χ0) is 14.8. The number of carbonyl (C=O) groups excluding carboxylic acids is 1. The number of carbonyl (C=O) groups is 1. The first-order valence-electron chi connectivity index (χ1n) is 7.73. The molecule has 2 aromatic rings. The Kier molecular flexibility index (Phi) is 3.82. The first kappa shape index (κ1) is 13.9. The number of hydrogen-bond donors (Lipinski definition) is 1. The average molecular weight is 283 g/mol. The summed E-state index contributed by atoms with van der Waals surface area (Å²) in [5.74, 6) is 0.0304. The number of phenolic OH excluding ortho intramolecular Hbond substituents is 1. The molecule has 0 aromatic heterocycles. The molecule has 1 amide bonds. The molecular formula is C18H21NO2. The highest BCUT2D eigenvalue weighted by Crippen LogP contribution is 2.29. The predicted molar refractivity (Wildman–Crippen MR) is 84.6 cm³/mol. The van der Waals surface area contributed by atoms with Crippen molar-refractivity contribution in [2.75, 3.05) is 6.54 Å². The zero-order valence-electron chi connectivity index (χ0n) is 12.4. The fourth-order valence-electron chi connectivity index (χ4n) is 3.34. The van der Waals surface area contributed by atoms with Crippen molar-refractivity contribution in [2.45, 2.75) is 38.6 Å². The SMILES string of the molecule is CCN(C(=O)c1cc2ccccc2cc1O)C1CCCC1. The summed E-state index contributed by atoms with van der Waals surface area (Å²) in [4.78, 5) is 14.7. The summed E-state index contributed by atoms with van der Waals surface area (Å²) in [7, 11) is 0. The second kappa shape index (κ2) is 5.76. The van der Waals surface area contributed by atoms with Crippen LogP contribution < -0.4 is 0 Å². The highest BCUT2D eigenvalue weighted by molar-refractivity contribution is 6.01. The average Bonchev–Trinajstić information content (AvgIpc) is 3.01. The minimum absolute atomic E-state index is 0.0485. The van der Waals surface area contributed by atoms with E-state index >= 15 is 0 Å². The Bertz CT molecular complexity index is 659. The van der Waals surface area contributed by atoms with Crippen molar-refractivity contribution in [1.29, 1.82) is 0 Å². The summed E-state index contributed by atoms with van der Waals surface area (Å²) in [6.45, 7) is 2.70. The van der Waals surface area contributed by atoms with Crippen molar-refractivity contribution in [1.82, 2.24) is 4.90 Å². The van der Waals surface area contributed by atoms with Gasteiger partial charge in [-0.25, -0.2) is 0 Å². The van der Waals surface area contributed by atoms with Gasteiger partial charge >= 0.3 is 0 Å². The van der Waals surface area contributed by atoms with Crippen LogP contribution in [0.25, 0.3) is 10.8 Å². The normalized spacial score (nSPS) is 15.5. The molecule has 0 heterocycles. The molecule has 1 fully saturated rings. The smallest absolute Gasteiger partial charge is 0.257 e. The first-order chi connectivity index (χ1) is 10.2. The van der Waals surface area contributed by atoms with Gasteiger partial charge in [0, 0.05) is 12.6 Å². The molecule has 3 heteroatoms. The summed E-state index contributed by atoms with van der Waals surface area (Å²) in [6, 6.07) is 11.6. The van der Waals surface area contributed by atoms with Crippen LogP contribution in [0.2, 0.25) is 0 Å². The molecule has 1 saturated carbocycles. The van der Waals surface area contributed by atoms with Crippen molar-refractivity contribution in [3.05, 3.63) is 42.0 Å². The van der Waals surface area contributed by atoms with Crippen molar-refractivity contribution in [3.63, 3.8) is 0 Å². The number of aromatic hydroxyl groups is 1. The Labute approximate surface area is 125 Å². The van der Waals surface area contributed by atoms with Crippen LogP contribution >= 0.6 is 0 Å². The van der Waals surface area contributed by atoms with Crippen LogP contribution in [0.1, 0.15) is 43.0 Å². The van der Waals surface area contributed by atoms with Crippen molar-refractivity contribution in [3.8, 4) is 5.75 Å². The van der Waals surface area contributed by atoms with Crippen LogP contribution in [0.5, 0.6) is 5.75 Å². The van der Waals surface area contributed by atoms with E-state index < -0.39 is 0 Å². The molecule has 21 heavy (non-hydrogen) atoms. The summed E-state index contributed by atoms with van der Waals surface area (Å²) < 4.78 is 0. The minimum atomic E-state index is -0.0485. The van der Waals surface area contributed by atoms with E-state index in [0.29, 0.717) is 18.2 Å². The van der Waals surface area contributed by atoms with E-state index in [1.54, 1.807) is 6.07 Å². The van der Waals surface area contributed by atoms with E-state index in [-0.39, 0.29) is 11.7 Å². The number of rotatable bonds is 3. The van der Waals surface area contributed by atoms with Crippen LogP contribution in [0.4, 0.5) is 0 Å². The van der Waals surface area contributed by atoms with Gasteiger partial charge in [-0.1, -0.05) is 37.1 Å². The summed E-state index contributed by atoms with van der Waals surface area (Å²) in [5, 5.41) is 12.2. The van der Waals surface area contributed by atoms with E-state index in [0.717, 1.165) is 23.6 Å². The van der Waals surface area contributed by atoms with Gasteiger partial charge in [-0.2, -0.15) is 0 Å². The molecule has 3 nitrogen and oxygen atoms in total. The molecule has 0 spiro atoms. The molecule has 0 radical (unpaired) electrons. The standard InChI is InChI=1S/C18H21NO2/c1-2-19(15-9-5-6-10-15)18(21)16-11-13-7-3-4-8-14(13)12-17(16)20/h3-4,7-8,11-12,15,20H,2,5-6,9-10H2,1H3. The van der Waals surface area contributed by atoms with E-state index in [1.807, 2.05) is 42.2 Å². The molecule has 1 aliphatic carbocycles. The third kappa shape index (κ3) is 2.60. The molecule has 110 valence electrons. The lowest BCUT2D eigenvalue weighted by molar-refractivity contribution is 0.0690. The molecule has 0 unspecified atom stereocenters. The van der Waals surface area contributed by atoms with Gasteiger partial charge in [0.05, 0.1) is 5.56 Å². The summed E-state index contributed by atoms with van der Waals surface area (Å²) in [6.07, 6.45) is 4.54. The summed E-state index contributed by atoms with van der Waals surface area (Å²) >= 11 is 0. The van der Waals surface area contributed by atoms with E-state index in [4.69, 9.17) is 0 Å². The van der Waals surface area contributed by atoms with Gasteiger partial charge in [0.15, 0.2) is 0 Å². The monoisotopic (exact) mass is 283 g/mol. The molecule has 3 rings (SSSR count). The van der Waals surface area contributed by atoms with Crippen molar-refractivity contribution < 1.29 is 9.90 Å². The third-order valence-electron chi connectivity index (χ3n) is 4.46. The Morgan fingerprint density at radius 1 is 1.19 bits per heavy atom. The molecule has 0 aliphatic heterocycles. The lowest BCUT2D eigenvalue weighted by atomic mass is 10.0. The largest absolute Gasteiger partial charge is 0.507 e. The van der Waals surface area contributed by atoms with Gasteiger partial charge in [0.2, 0.25) is 0 Å². The van der Waals surface area contributed by atoms with Crippen molar-refractivity contribution >= 4 is 16.7 Å². The number of benzene rings is 2. The maximum Gasteiger partial charge on any atom is 0.257 e. The molecular weight excluding hydrogens is 262 g/mol. The molecule has 2 aromatic carbocycles. The number of amides is 1. The first-order valence-corrected chi connectivity index (χ1v) is 7.73. The van der Waals surface area contributed by atoms with Crippen molar-refractivity contribution in [2.24, 2.45) is 0 Å². The van der Waals surface area contributed by atoms with E-state index in [1.165, 1.54) is 12.8 Å². The highest BCUT2D eigenvalue weighted by atomic mass is 16.3. The molecule has 0 atom stereocenters. The molecule has 0 bridgehead atoms. The van der Waals surface area contributed by atoms with Crippen LogP contribution in [-0.4, -0.2) is 28.5 Å². The fraction of sp³-hybridized carbons (Fsp3) is 0.389. The Hall–Kier alpha value is -2.03. The van der Waals surface area contributed by atoms with Gasteiger partial charge in [0.25, 0.3) is 5.91 Å². The van der Waals surface area contributed by atoms with Crippen LogP contribution in [-0.2, 0) is 0 Å². The van der Waals surface area contributed by atoms with E-state index in [9.17, 15) is 9.90 Å². The van der Waals surface area contributed by atoms with Gasteiger partial charge in [0.1, 0.15) is 5.75 Å². The third-order valence-corrected chi connectivity index (χ3v) is 4.46. The second-order valence-corrected chi connectivity index (χ2v) is 5.75. The Morgan fingerprint density at radius 2 is 1.81 bits per heavy atom. The second-order valence-electron chi connectivity index (χ2n) is 5.75. The maximum atomic E-state index is 12.8. The van der Waals surface area contributed by atoms with Gasteiger partial charge in [-0.3, -0.25) is 4.79 Å². The van der Waals surface area contributed by atoms with Crippen LogP contribution in [0.15, 0.2) is 36.4 Å². The fourth-order valence-corrected chi connectivity index (χ4v) is 3.34. The Balaban J connectivity index is 1.97. The number of nitrogens with zero attached hydrogens (tertiary/aromatic N) is 1. The van der Waals surface area contributed by atoms with Gasteiger partial charge < -0.3 is 10.0 Å². The highest BCUT2D eigenvalue weighted by Gasteiger charge is 2.27. The van der Waals surface area contributed by atoms with Crippen LogP contribution in [0.3, 0.4) is 0 Å². The van der Waals surface area contributed by atoms with E-state index in [2.05, 4.69) is 0 Å². The van der Waals surface area contributed by atoms with Gasteiger partial charge in [-0.15, -0.1) is 0 Å². The summed E-state index contributed by atoms with van der Waals surface area (Å²) in [5.41, 5.74) is 0.419. The quantitative estimate of drug-likeness (QED) is 0.926. The van der Waals surface area contributed by atoms with Crippen LogP contribution in [0, 0.1) is 0 Å². The Morgan fingerprint density at radius 3 is 2.43 bits per heavy atom. The zero-order valence-corrected chi connectivity index (χ0v) is 12.4. The van der Waals surface area contributed by atoms with Gasteiger partial charge in [-0.05, 0) is 42.7 Å². The lowest BCUT2D eigenvalue weighted by Gasteiger charge is -2.28. The number of fused-ring (bicyclic) bond motifs is 1. The molecule has 1 N–H and O–H groups in total. The lowest BCUT2D eigenvalue weighted by Crippen LogP contribution is -2.38. The topological polar surface area (TPSA) is 40.5 Å². The number of phenols is 1. The number of hydrogen-bond acceptors (Lipinski definition) is 2.